The first-order valence-corrected chi connectivity index (χ1v) is 4.06. The van der Waals surface area contributed by atoms with E-state index < -0.39 is 0 Å². The molecule has 0 spiro atoms. The Morgan fingerprint density at radius 2 is 2.21 bits per heavy atom. The Morgan fingerprint density at radius 3 is 2.79 bits per heavy atom. The highest BCUT2D eigenvalue weighted by Gasteiger charge is 2.14. The van der Waals surface area contributed by atoms with Crippen LogP contribution in [0.2, 0.25) is 0 Å². The van der Waals surface area contributed by atoms with Crippen molar-refractivity contribution in [2.75, 3.05) is 5.73 Å². The maximum Gasteiger partial charge on any atom is 0.208 e. The molecule has 0 atom stereocenters. The molecule has 70 valence electrons. The van der Waals surface area contributed by atoms with Crippen LogP contribution in [0.15, 0.2) is 27.2 Å². The first kappa shape index (κ1) is 8.45. The molecule has 0 radical (unpaired) electrons. The van der Waals surface area contributed by atoms with Crippen LogP contribution in [0.25, 0.3) is 11.3 Å². The first-order chi connectivity index (χ1) is 6.72. The summed E-state index contributed by atoms with van der Waals surface area (Å²) in [6.45, 7) is 1.83. The summed E-state index contributed by atoms with van der Waals surface area (Å²) in [5.41, 5.74) is 6.38. The topological polar surface area (TPSA) is 76.1 Å². The van der Waals surface area contributed by atoms with E-state index in [0.717, 1.165) is 5.76 Å². The minimum Gasteiger partial charge on any atom is -0.461 e. The fourth-order valence-electron chi connectivity index (χ4n) is 1.25. The Hall–Kier alpha value is -2.15. The predicted molar refractivity (Wildman–Crippen MR) is 50.3 cm³/mol. The van der Waals surface area contributed by atoms with E-state index in [2.05, 4.69) is 0 Å². The summed E-state index contributed by atoms with van der Waals surface area (Å²) in [5, 5.41) is 8.82. The van der Waals surface area contributed by atoms with Gasteiger partial charge in [-0.05, 0) is 19.1 Å². The number of aryl methyl sites for hydroxylation is 1. The average Bonchev–Trinajstić information content (AvgIpc) is 2.71. The number of rotatable bonds is 1. The van der Waals surface area contributed by atoms with Gasteiger partial charge in [0.25, 0.3) is 0 Å². The summed E-state index contributed by atoms with van der Waals surface area (Å²) in [4.78, 5) is 0. The lowest BCUT2D eigenvalue weighted by molar-refractivity contribution is 0.544. The quantitative estimate of drug-likeness (QED) is 0.744. The summed E-state index contributed by atoms with van der Waals surface area (Å²) >= 11 is 0. The lowest BCUT2D eigenvalue weighted by Crippen LogP contribution is -1.85. The third-order valence-electron chi connectivity index (χ3n) is 1.94. The van der Waals surface area contributed by atoms with Gasteiger partial charge in [-0.3, -0.25) is 0 Å². The molecule has 0 saturated heterocycles. The van der Waals surface area contributed by atoms with E-state index in [1.54, 1.807) is 6.07 Å². The molecular weight excluding hydrogens is 180 g/mol. The van der Waals surface area contributed by atoms with E-state index in [0.29, 0.717) is 16.9 Å². The molecule has 14 heavy (non-hydrogen) atoms. The van der Waals surface area contributed by atoms with E-state index in [1.165, 1.54) is 6.26 Å². The van der Waals surface area contributed by atoms with Gasteiger partial charge in [-0.2, -0.15) is 5.26 Å². The number of anilines is 1. The van der Waals surface area contributed by atoms with Crippen LogP contribution in [0, 0.1) is 18.3 Å². The number of hydrogen-bond acceptors (Lipinski definition) is 4. The zero-order chi connectivity index (χ0) is 10.1. The van der Waals surface area contributed by atoms with Crippen molar-refractivity contribution < 1.29 is 8.83 Å². The summed E-state index contributed by atoms with van der Waals surface area (Å²) in [6, 6.07) is 5.57. The lowest BCUT2D eigenvalue weighted by Gasteiger charge is -1.90. The maximum absolute atomic E-state index is 8.82. The SMILES string of the molecule is Cc1ccc(-c2coc(N)c2C#N)o1. The van der Waals surface area contributed by atoms with Crippen LogP contribution in [0.3, 0.4) is 0 Å². The largest absolute Gasteiger partial charge is 0.461 e. The highest BCUT2D eigenvalue weighted by Crippen LogP contribution is 2.30. The molecule has 2 heterocycles. The Bertz CT molecular complexity index is 502. The average molecular weight is 188 g/mol. The van der Waals surface area contributed by atoms with Gasteiger partial charge in [0.2, 0.25) is 5.88 Å². The van der Waals surface area contributed by atoms with Crippen molar-refractivity contribution in [3.8, 4) is 17.4 Å². The second kappa shape index (κ2) is 2.96. The van der Waals surface area contributed by atoms with Gasteiger partial charge in [-0.1, -0.05) is 0 Å². The van der Waals surface area contributed by atoms with Crippen molar-refractivity contribution in [1.29, 1.82) is 5.26 Å². The van der Waals surface area contributed by atoms with Crippen LogP contribution in [-0.2, 0) is 0 Å². The van der Waals surface area contributed by atoms with E-state index in [9.17, 15) is 0 Å². The predicted octanol–water partition coefficient (Wildman–Crippen LogP) is 2.30. The van der Waals surface area contributed by atoms with Crippen molar-refractivity contribution in [2.45, 2.75) is 6.92 Å². The fraction of sp³-hybridized carbons (Fsp3) is 0.100. The number of nitriles is 1. The van der Waals surface area contributed by atoms with Crippen LogP contribution >= 0.6 is 0 Å². The van der Waals surface area contributed by atoms with E-state index in [1.807, 2.05) is 19.1 Å². The van der Waals surface area contributed by atoms with E-state index >= 15 is 0 Å². The summed E-state index contributed by atoms with van der Waals surface area (Å²) < 4.78 is 10.3. The van der Waals surface area contributed by atoms with E-state index in [-0.39, 0.29) is 5.88 Å². The molecule has 2 aromatic rings. The molecule has 0 aliphatic rings. The fourth-order valence-corrected chi connectivity index (χ4v) is 1.25. The minimum atomic E-state index is 0.122. The van der Waals surface area contributed by atoms with E-state index in [4.69, 9.17) is 19.8 Å². The number of hydrogen-bond donors (Lipinski definition) is 1. The Balaban J connectivity index is 2.58. The van der Waals surface area contributed by atoms with Gasteiger partial charge < -0.3 is 14.6 Å². The zero-order valence-corrected chi connectivity index (χ0v) is 7.57. The molecule has 0 aliphatic heterocycles. The van der Waals surface area contributed by atoms with Crippen molar-refractivity contribution in [3.05, 3.63) is 29.7 Å². The maximum atomic E-state index is 8.82. The molecule has 0 fully saturated rings. The van der Waals surface area contributed by atoms with Crippen LogP contribution in [0.1, 0.15) is 11.3 Å². The second-order valence-corrected chi connectivity index (χ2v) is 2.91. The van der Waals surface area contributed by atoms with Crippen LogP contribution in [0.4, 0.5) is 5.88 Å². The van der Waals surface area contributed by atoms with Gasteiger partial charge in [-0.25, -0.2) is 0 Å². The van der Waals surface area contributed by atoms with Crippen molar-refractivity contribution in [2.24, 2.45) is 0 Å². The monoisotopic (exact) mass is 188 g/mol. The van der Waals surface area contributed by atoms with Crippen LogP contribution < -0.4 is 5.73 Å². The number of furan rings is 2. The van der Waals surface area contributed by atoms with Crippen LogP contribution in [0.5, 0.6) is 0 Å². The summed E-state index contributed by atoms with van der Waals surface area (Å²) in [6.07, 6.45) is 1.42. The lowest BCUT2D eigenvalue weighted by atomic mass is 10.1. The van der Waals surface area contributed by atoms with Gasteiger partial charge in [0, 0.05) is 0 Å². The standard InChI is InChI=1S/C10H8N2O2/c1-6-2-3-9(14-6)8-5-13-10(12)7(8)4-11/h2-3,5H,12H2,1H3. The van der Waals surface area contributed by atoms with Gasteiger partial charge in [0.15, 0.2) is 0 Å². The molecule has 4 nitrogen and oxygen atoms in total. The number of nitrogens with two attached hydrogens (primary N) is 1. The minimum absolute atomic E-state index is 0.122. The molecule has 0 amide bonds. The van der Waals surface area contributed by atoms with Crippen LogP contribution in [-0.4, -0.2) is 0 Å². The van der Waals surface area contributed by atoms with Gasteiger partial charge >= 0.3 is 0 Å². The van der Waals surface area contributed by atoms with Gasteiger partial charge in [0.05, 0.1) is 5.56 Å². The molecule has 4 heteroatoms. The van der Waals surface area contributed by atoms with Gasteiger partial charge in [-0.15, -0.1) is 0 Å². The van der Waals surface area contributed by atoms with Crippen molar-refractivity contribution in [1.82, 2.24) is 0 Å². The molecule has 0 aliphatic carbocycles. The summed E-state index contributed by atoms with van der Waals surface area (Å²) in [7, 11) is 0. The Morgan fingerprint density at radius 1 is 1.43 bits per heavy atom. The Labute approximate surface area is 80.5 Å². The Kier molecular flexibility index (Phi) is 1.79. The molecule has 0 bridgehead atoms. The third-order valence-corrected chi connectivity index (χ3v) is 1.94. The molecule has 2 aromatic heterocycles. The van der Waals surface area contributed by atoms with Crippen molar-refractivity contribution in [3.63, 3.8) is 0 Å². The van der Waals surface area contributed by atoms with Crippen molar-refractivity contribution >= 4 is 5.88 Å². The highest BCUT2D eigenvalue weighted by molar-refractivity contribution is 5.71. The molecule has 2 rings (SSSR count). The number of nitrogen functional groups attached to an aromatic ring is 1. The van der Waals surface area contributed by atoms with Gasteiger partial charge in [0.1, 0.15) is 29.4 Å². The third kappa shape index (κ3) is 1.15. The number of nitrogens with zero attached hydrogens (tertiary/aromatic N) is 1. The normalized spacial score (nSPS) is 10.0. The molecule has 0 aromatic carbocycles. The summed E-state index contributed by atoms with van der Waals surface area (Å²) in [5.74, 6) is 1.50. The highest BCUT2D eigenvalue weighted by atomic mass is 16.4. The smallest absolute Gasteiger partial charge is 0.208 e. The second-order valence-electron chi connectivity index (χ2n) is 2.91. The molecule has 0 saturated carbocycles. The molecular formula is C10H8N2O2. The first-order valence-electron chi connectivity index (χ1n) is 4.06. The molecule has 2 N–H and O–H groups in total. The zero-order valence-electron chi connectivity index (χ0n) is 7.57. The molecule has 0 unspecified atom stereocenters.